The first-order valence-electron chi connectivity index (χ1n) is 8.93. The molecular formula is C20H22N4O3S2. The molecule has 29 heavy (non-hydrogen) atoms. The molecule has 0 fully saturated rings. The van der Waals surface area contributed by atoms with E-state index in [1.807, 2.05) is 50.2 Å². The Bertz CT molecular complexity index is 1130. The summed E-state index contributed by atoms with van der Waals surface area (Å²) >= 11 is 1.23. The summed E-state index contributed by atoms with van der Waals surface area (Å²) in [6.45, 7) is 5.39. The molecule has 1 atom stereocenters. The second kappa shape index (κ2) is 8.30. The number of carbonyl (C=O) groups excluding carboxylic acids is 1. The van der Waals surface area contributed by atoms with E-state index in [1.165, 1.54) is 11.3 Å². The van der Waals surface area contributed by atoms with Crippen LogP contribution in [0.2, 0.25) is 0 Å². The van der Waals surface area contributed by atoms with Gasteiger partial charge in [0, 0.05) is 5.56 Å². The summed E-state index contributed by atoms with van der Waals surface area (Å²) < 4.78 is 26.0. The van der Waals surface area contributed by atoms with Crippen molar-refractivity contribution in [2.45, 2.75) is 26.8 Å². The molecular weight excluding hydrogens is 408 g/mol. The summed E-state index contributed by atoms with van der Waals surface area (Å²) in [4.78, 5) is 12.8. The lowest BCUT2D eigenvalue weighted by atomic mass is 10.1. The molecule has 0 aliphatic carbocycles. The van der Waals surface area contributed by atoms with Crippen molar-refractivity contribution in [3.05, 3.63) is 59.7 Å². The van der Waals surface area contributed by atoms with Crippen LogP contribution in [0.1, 0.15) is 18.1 Å². The molecule has 152 valence electrons. The Balaban J connectivity index is 1.83. The van der Waals surface area contributed by atoms with Gasteiger partial charge in [-0.25, -0.2) is 8.42 Å². The SMILES string of the molecule is Cc1ccc(N([C@@H](C)C(=O)Nc2nnc(-c3ccccc3)s2)S(C)(=O)=O)cc1C. The fraction of sp³-hybridized carbons (Fsp3) is 0.250. The maximum atomic E-state index is 12.8. The Morgan fingerprint density at radius 1 is 1.07 bits per heavy atom. The topological polar surface area (TPSA) is 92.3 Å². The molecule has 0 spiro atoms. The average molecular weight is 431 g/mol. The first-order chi connectivity index (χ1) is 13.7. The van der Waals surface area contributed by atoms with E-state index < -0.39 is 22.0 Å². The summed E-state index contributed by atoms with van der Waals surface area (Å²) in [5.74, 6) is -0.482. The van der Waals surface area contributed by atoms with Crippen molar-refractivity contribution in [3.8, 4) is 10.6 Å². The number of aromatic nitrogens is 2. The minimum absolute atomic E-state index is 0.314. The Kier molecular flexibility index (Phi) is 5.99. The van der Waals surface area contributed by atoms with Crippen molar-refractivity contribution in [2.75, 3.05) is 15.9 Å². The normalized spacial score (nSPS) is 12.4. The van der Waals surface area contributed by atoms with E-state index in [4.69, 9.17) is 0 Å². The standard InChI is InChI=1S/C20H22N4O3S2/c1-13-10-11-17(12-14(13)2)24(29(4,26)27)15(3)18(25)21-20-23-22-19(28-20)16-8-6-5-7-9-16/h5-12,15H,1-4H3,(H,21,23,25)/t15-/m0/s1. The second-order valence-corrected chi connectivity index (χ2v) is 9.61. The molecule has 1 amide bonds. The molecule has 1 N–H and O–H groups in total. The van der Waals surface area contributed by atoms with Crippen molar-refractivity contribution in [2.24, 2.45) is 0 Å². The molecule has 1 aromatic heterocycles. The number of hydrogen-bond acceptors (Lipinski definition) is 6. The van der Waals surface area contributed by atoms with Crippen LogP contribution in [-0.2, 0) is 14.8 Å². The average Bonchev–Trinajstić information content (AvgIpc) is 3.13. The maximum absolute atomic E-state index is 12.8. The molecule has 0 bridgehead atoms. The van der Waals surface area contributed by atoms with E-state index in [0.29, 0.717) is 15.8 Å². The maximum Gasteiger partial charge on any atom is 0.249 e. The van der Waals surface area contributed by atoms with Gasteiger partial charge in [-0.2, -0.15) is 0 Å². The van der Waals surface area contributed by atoms with Crippen molar-refractivity contribution in [1.82, 2.24) is 10.2 Å². The molecule has 2 aromatic carbocycles. The Labute approximate surface area is 174 Å². The monoisotopic (exact) mass is 430 g/mol. The minimum atomic E-state index is -3.68. The highest BCUT2D eigenvalue weighted by molar-refractivity contribution is 7.92. The number of nitrogens with one attached hydrogen (secondary N) is 1. The number of anilines is 2. The molecule has 1 heterocycles. The number of benzene rings is 2. The molecule has 7 nitrogen and oxygen atoms in total. The summed E-state index contributed by atoms with van der Waals surface area (Å²) in [5.41, 5.74) is 3.33. The zero-order chi connectivity index (χ0) is 21.2. The fourth-order valence-electron chi connectivity index (χ4n) is 2.85. The Morgan fingerprint density at radius 2 is 1.76 bits per heavy atom. The Morgan fingerprint density at radius 3 is 2.38 bits per heavy atom. The largest absolute Gasteiger partial charge is 0.299 e. The molecule has 0 saturated heterocycles. The van der Waals surface area contributed by atoms with Crippen LogP contribution in [-0.4, -0.2) is 36.8 Å². The highest BCUT2D eigenvalue weighted by Crippen LogP contribution is 2.27. The van der Waals surface area contributed by atoms with E-state index in [0.717, 1.165) is 27.3 Å². The smallest absolute Gasteiger partial charge is 0.249 e. The Hall–Kier alpha value is -2.78. The summed E-state index contributed by atoms with van der Waals surface area (Å²) in [6, 6.07) is 13.8. The van der Waals surface area contributed by atoms with Gasteiger partial charge in [-0.05, 0) is 44.0 Å². The first kappa shape index (κ1) is 20.9. The number of carbonyl (C=O) groups is 1. The second-order valence-electron chi connectivity index (χ2n) is 6.77. The van der Waals surface area contributed by atoms with Gasteiger partial charge in [0.1, 0.15) is 11.0 Å². The molecule has 0 aliphatic rings. The lowest BCUT2D eigenvalue weighted by molar-refractivity contribution is -0.116. The third kappa shape index (κ3) is 4.80. The third-order valence-corrected chi connectivity index (χ3v) is 6.64. The highest BCUT2D eigenvalue weighted by Gasteiger charge is 2.30. The predicted octanol–water partition coefficient (Wildman–Crippen LogP) is 3.62. The third-order valence-electron chi connectivity index (χ3n) is 4.51. The number of rotatable bonds is 6. The summed E-state index contributed by atoms with van der Waals surface area (Å²) in [6.07, 6.45) is 1.09. The molecule has 9 heteroatoms. The van der Waals surface area contributed by atoms with E-state index in [1.54, 1.807) is 19.1 Å². The molecule has 0 saturated carbocycles. The van der Waals surface area contributed by atoms with Crippen molar-refractivity contribution in [3.63, 3.8) is 0 Å². The van der Waals surface area contributed by atoms with E-state index >= 15 is 0 Å². The first-order valence-corrected chi connectivity index (χ1v) is 11.6. The van der Waals surface area contributed by atoms with E-state index in [2.05, 4.69) is 15.5 Å². The van der Waals surface area contributed by atoms with Gasteiger partial charge in [-0.3, -0.25) is 14.4 Å². The number of hydrogen-bond donors (Lipinski definition) is 1. The van der Waals surface area contributed by atoms with Crippen LogP contribution in [0.4, 0.5) is 10.8 Å². The van der Waals surface area contributed by atoms with Crippen LogP contribution in [0.5, 0.6) is 0 Å². The summed E-state index contributed by atoms with van der Waals surface area (Å²) in [7, 11) is -3.68. The van der Waals surface area contributed by atoms with Gasteiger partial charge >= 0.3 is 0 Å². The van der Waals surface area contributed by atoms with Gasteiger partial charge < -0.3 is 0 Å². The fourth-order valence-corrected chi connectivity index (χ4v) is 4.77. The predicted molar refractivity (Wildman–Crippen MR) is 117 cm³/mol. The van der Waals surface area contributed by atoms with Gasteiger partial charge in [0.15, 0.2) is 0 Å². The molecule has 0 aliphatic heterocycles. The number of amides is 1. The number of nitrogens with zero attached hydrogens (tertiary/aromatic N) is 3. The van der Waals surface area contributed by atoms with Crippen LogP contribution in [0.15, 0.2) is 48.5 Å². The zero-order valence-corrected chi connectivity index (χ0v) is 18.2. The van der Waals surface area contributed by atoms with Gasteiger partial charge in [0.05, 0.1) is 11.9 Å². The van der Waals surface area contributed by atoms with Crippen LogP contribution < -0.4 is 9.62 Å². The lowest BCUT2D eigenvalue weighted by Crippen LogP contribution is -2.45. The minimum Gasteiger partial charge on any atom is -0.299 e. The van der Waals surface area contributed by atoms with Gasteiger partial charge in [-0.1, -0.05) is 47.7 Å². The van der Waals surface area contributed by atoms with Gasteiger partial charge in [-0.15, -0.1) is 10.2 Å². The van der Waals surface area contributed by atoms with Crippen molar-refractivity contribution < 1.29 is 13.2 Å². The van der Waals surface area contributed by atoms with Crippen LogP contribution in [0, 0.1) is 13.8 Å². The lowest BCUT2D eigenvalue weighted by Gasteiger charge is -2.28. The van der Waals surface area contributed by atoms with Crippen molar-refractivity contribution >= 4 is 38.1 Å². The van der Waals surface area contributed by atoms with E-state index in [-0.39, 0.29) is 0 Å². The molecule has 0 radical (unpaired) electrons. The van der Waals surface area contributed by atoms with Crippen molar-refractivity contribution in [1.29, 1.82) is 0 Å². The molecule has 3 rings (SSSR count). The van der Waals surface area contributed by atoms with Crippen LogP contribution in [0.25, 0.3) is 10.6 Å². The number of sulfonamides is 1. The quantitative estimate of drug-likeness (QED) is 0.645. The summed E-state index contributed by atoms with van der Waals surface area (Å²) in [5, 5.41) is 11.8. The van der Waals surface area contributed by atoms with Gasteiger partial charge in [0.25, 0.3) is 0 Å². The molecule has 0 unspecified atom stereocenters. The number of aryl methyl sites for hydroxylation is 2. The van der Waals surface area contributed by atoms with E-state index in [9.17, 15) is 13.2 Å². The highest BCUT2D eigenvalue weighted by atomic mass is 32.2. The van der Waals surface area contributed by atoms with Crippen LogP contribution >= 0.6 is 11.3 Å². The van der Waals surface area contributed by atoms with Gasteiger partial charge in [0.2, 0.25) is 21.1 Å². The van der Waals surface area contributed by atoms with Crippen LogP contribution in [0.3, 0.4) is 0 Å². The zero-order valence-electron chi connectivity index (χ0n) is 16.6. The molecule has 3 aromatic rings.